The molecule has 3 N–H and O–H groups in total. The monoisotopic (exact) mass is 394 g/mol. The molecule has 142 valence electrons. The SMILES string of the molecule is CCn1cc(-c2ccnc(Nc3cccc(S(N)(=O)=O)c3)n2)c2ccncc21. The summed E-state index contributed by atoms with van der Waals surface area (Å²) in [7, 11) is -3.78. The number of hydrogen-bond acceptors (Lipinski definition) is 6. The molecule has 9 heteroatoms. The molecule has 4 rings (SSSR count). The van der Waals surface area contributed by atoms with Gasteiger partial charge in [-0.05, 0) is 37.3 Å². The first-order chi connectivity index (χ1) is 13.5. The smallest absolute Gasteiger partial charge is 0.238 e. The Morgan fingerprint density at radius 1 is 1.18 bits per heavy atom. The highest BCUT2D eigenvalue weighted by atomic mass is 32.2. The van der Waals surface area contributed by atoms with E-state index in [-0.39, 0.29) is 4.90 Å². The summed E-state index contributed by atoms with van der Waals surface area (Å²) in [5, 5.41) is 9.28. The zero-order chi connectivity index (χ0) is 19.7. The van der Waals surface area contributed by atoms with E-state index in [1.807, 2.05) is 24.5 Å². The summed E-state index contributed by atoms with van der Waals surface area (Å²) in [6, 6.07) is 10.0. The summed E-state index contributed by atoms with van der Waals surface area (Å²) in [6.45, 7) is 2.89. The van der Waals surface area contributed by atoms with Crippen LogP contribution in [0.15, 0.2) is 66.1 Å². The maximum atomic E-state index is 11.5. The number of nitrogens with two attached hydrogens (primary N) is 1. The van der Waals surface area contributed by atoms with E-state index in [0.29, 0.717) is 11.6 Å². The third-order valence-corrected chi connectivity index (χ3v) is 5.29. The van der Waals surface area contributed by atoms with Gasteiger partial charge in [0.15, 0.2) is 0 Å². The lowest BCUT2D eigenvalue weighted by Gasteiger charge is -2.07. The fraction of sp³-hybridized carbons (Fsp3) is 0.105. The number of primary sulfonamides is 1. The molecule has 0 saturated carbocycles. The molecule has 0 aliphatic rings. The van der Waals surface area contributed by atoms with E-state index in [2.05, 4.69) is 31.8 Å². The van der Waals surface area contributed by atoms with Gasteiger partial charge in [-0.15, -0.1) is 0 Å². The molecule has 0 radical (unpaired) electrons. The van der Waals surface area contributed by atoms with Crippen molar-refractivity contribution in [3.05, 3.63) is 61.2 Å². The lowest BCUT2D eigenvalue weighted by molar-refractivity contribution is 0.598. The number of anilines is 2. The number of aromatic nitrogens is 4. The van der Waals surface area contributed by atoms with Gasteiger partial charge in [0.1, 0.15) is 0 Å². The van der Waals surface area contributed by atoms with Gasteiger partial charge in [0.25, 0.3) is 0 Å². The summed E-state index contributed by atoms with van der Waals surface area (Å²) in [6.07, 6.45) is 7.29. The number of hydrogen-bond donors (Lipinski definition) is 2. The van der Waals surface area contributed by atoms with E-state index in [9.17, 15) is 8.42 Å². The molecule has 3 aromatic heterocycles. The van der Waals surface area contributed by atoms with E-state index in [0.717, 1.165) is 28.7 Å². The quantitative estimate of drug-likeness (QED) is 0.538. The molecule has 4 aromatic rings. The van der Waals surface area contributed by atoms with Crippen molar-refractivity contribution in [3.63, 3.8) is 0 Å². The summed E-state index contributed by atoms with van der Waals surface area (Å²) in [5.41, 5.74) is 3.30. The van der Waals surface area contributed by atoms with E-state index in [1.165, 1.54) is 12.1 Å². The molecule has 0 aliphatic carbocycles. The first-order valence-corrected chi connectivity index (χ1v) is 10.2. The van der Waals surface area contributed by atoms with Crippen LogP contribution in [0.4, 0.5) is 11.6 Å². The van der Waals surface area contributed by atoms with Crippen LogP contribution in [0.5, 0.6) is 0 Å². The van der Waals surface area contributed by atoms with Crippen molar-refractivity contribution < 1.29 is 8.42 Å². The van der Waals surface area contributed by atoms with Gasteiger partial charge in [-0.2, -0.15) is 0 Å². The molecule has 0 fully saturated rings. The van der Waals surface area contributed by atoms with Crippen molar-refractivity contribution in [2.75, 3.05) is 5.32 Å². The molecule has 0 aliphatic heterocycles. The normalized spacial score (nSPS) is 11.6. The topological polar surface area (TPSA) is 116 Å². The van der Waals surface area contributed by atoms with Gasteiger partial charge in [0.05, 0.1) is 22.3 Å². The second kappa shape index (κ2) is 7.02. The molecule has 3 heterocycles. The molecule has 0 atom stereocenters. The summed E-state index contributed by atoms with van der Waals surface area (Å²) in [4.78, 5) is 13.1. The highest BCUT2D eigenvalue weighted by molar-refractivity contribution is 7.89. The second-order valence-electron chi connectivity index (χ2n) is 6.18. The van der Waals surface area contributed by atoms with Gasteiger partial charge in [-0.1, -0.05) is 6.07 Å². The fourth-order valence-electron chi connectivity index (χ4n) is 3.05. The number of fused-ring (bicyclic) bond motifs is 1. The molecule has 0 bridgehead atoms. The lowest BCUT2D eigenvalue weighted by Crippen LogP contribution is -2.12. The Morgan fingerprint density at radius 3 is 2.82 bits per heavy atom. The van der Waals surface area contributed by atoms with Crippen molar-refractivity contribution >= 4 is 32.6 Å². The van der Waals surface area contributed by atoms with E-state index >= 15 is 0 Å². The number of benzene rings is 1. The molecular formula is C19H18N6O2S. The van der Waals surface area contributed by atoms with Gasteiger partial charge < -0.3 is 9.88 Å². The first-order valence-electron chi connectivity index (χ1n) is 8.62. The number of sulfonamides is 1. The van der Waals surface area contributed by atoms with Crippen LogP contribution in [0.1, 0.15) is 6.92 Å². The van der Waals surface area contributed by atoms with E-state index < -0.39 is 10.0 Å². The van der Waals surface area contributed by atoms with Crippen molar-refractivity contribution in [3.8, 4) is 11.3 Å². The summed E-state index contributed by atoms with van der Waals surface area (Å²) in [5.74, 6) is 0.357. The van der Waals surface area contributed by atoms with E-state index in [1.54, 1.807) is 24.5 Å². The average molecular weight is 394 g/mol. The number of nitrogens with one attached hydrogen (secondary N) is 1. The molecule has 0 amide bonds. The predicted octanol–water partition coefficient (Wildman–Crippen LogP) is 2.90. The van der Waals surface area contributed by atoms with Crippen molar-refractivity contribution in [2.24, 2.45) is 5.14 Å². The summed E-state index contributed by atoms with van der Waals surface area (Å²) < 4.78 is 25.2. The van der Waals surface area contributed by atoms with Crippen LogP contribution < -0.4 is 10.5 Å². The first kappa shape index (κ1) is 18.1. The Balaban J connectivity index is 1.72. The number of pyridine rings is 1. The van der Waals surface area contributed by atoms with Crippen molar-refractivity contribution in [2.45, 2.75) is 18.4 Å². The van der Waals surface area contributed by atoms with Gasteiger partial charge in [-0.25, -0.2) is 23.5 Å². The maximum absolute atomic E-state index is 11.5. The standard InChI is InChI=1S/C19H18N6O2S/c1-2-25-12-16(15-6-8-21-11-18(15)25)17-7-9-22-19(24-17)23-13-4-3-5-14(10-13)28(20,26)27/h3-12H,2H2,1H3,(H2,20,26,27)(H,22,23,24). The Morgan fingerprint density at radius 2 is 2.04 bits per heavy atom. The molecule has 0 spiro atoms. The molecule has 0 saturated heterocycles. The maximum Gasteiger partial charge on any atom is 0.238 e. The molecule has 8 nitrogen and oxygen atoms in total. The zero-order valence-corrected chi connectivity index (χ0v) is 15.9. The van der Waals surface area contributed by atoms with Crippen LogP contribution in [0.3, 0.4) is 0 Å². The molecule has 28 heavy (non-hydrogen) atoms. The van der Waals surface area contributed by atoms with Gasteiger partial charge in [0.2, 0.25) is 16.0 Å². The fourth-order valence-corrected chi connectivity index (χ4v) is 3.61. The van der Waals surface area contributed by atoms with Crippen LogP contribution in [0, 0.1) is 0 Å². The summed E-state index contributed by atoms with van der Waals surface area (Å²) >= 11 is 0. The highest BCUT2D eigenvalue weighted by Crippen LogP contribution is 2.29. The predicted molar refractivity (Wildman–Crippen MR) is 108 cm³/mol. The van der Waals surface area contributed by atoms with Crippen LogP contribution in [0.25, 0.3) is 22.2 Å². The minimum Gasteiger partial charge on any atom is -0.346 e. The second-order valence-corrected chi connectivity index (χ2v) is 7.75. The Hall–Kier alpha value is -3.30. The lowest BCUT2D eigenvalue weighted by atomic mass is 10.1. The van der Waals surface area contributed by atoms with E-state index in [4.69, 9.17) is 5.14 Å². The molecular weight excluding hydrogens is 376 g/mol. The Kier molecular flexibility index (Phi) is 4.54. The third-order valence-electron chi connectivity index (χ3n) is 4.38. The minimum atomic E-state index is -3.78. The Labute approximate surface area is 162 Å². The molecule has 1 aromatic carbocycles. The molecule has 0 unspecified atom stereocenters. The third kappa shape index (κ3) is 3.45. The number of rotatable bonds is 5. The van der Waals surface area contributed by atoms with Crippen molar-refractivity contribution in [1.82, 2.24) is 19.5 Å². The largest absolute Gasteiger partial charge is 0.346 e. The van der Waals surface area contributed by atoms with Crippen molar-refractivity contribution in [1.29, 1.82) is 0 Å². The van der Waals surface area contributed by atoms with Crippen LogP contribution in [-0.4, -0.2) is 27.9 Å². The van der Waals surface area contributed by atoms with Gasteiger partial charge >= 0.3 is 0 Å². The zero-order valence-electron chi connectivity index (χ0n) is 15.1. The van der Waals surface area contributed by atoms with Gasteiger partial charge in [-0.3, -0.25) is 4.98 Å². The van der Waals surface area contributed by atoms with Crippen LogP contribution in [-0.2, 0) is 16.6 Å². The number of nitrogens with zero attached hydrogens (tertiary/aromatic N) is 4. The average Bonchev–Trinajstić information content (AvgIpc) is 3.07. The minimum absolute atomic E-state index is 0.0205. The van der Waals surface area contributed by atoms with Crippen LogP contribution >= 0.6 is 0 Å². The Bertz CT molecular complexity index is 1270. The van der Waals surface area contributed by atoms with Crippen LogP contribution in [0.2, 0.25) is 0 Å². The number of aryl methyl sites for hydroxylation is 1. The van der Waals surface area contributed by atoms with Gasteiger partial charge in [0, 0.05) is 41.8 Å². The highest BCUT2D eigenvalue weighted by Gasteiger charge is 2.12.